The minimum absolute atomic E-state index is 0.0475. The molecule has 1 aliphatic heterocycles. The molecule has 0 unspecified atom stereocenters. The van der Waals surface area contributed by atoms with Gasteiger partial charge < -0.3 is 4.90 Å². The maximum absolute atomic E-state index is 13.0. The molecule has 0 N–H and O–H groups in total. The first-order chi connectivity index (χ1) is 11.6. The second-order valence-electron chi connectivity index (χ2n) is 8.90. The number of piperidine rings is 1. The predicted octanol–water partition coefficient (Wildman–Crippen LogP) is 3.83. The van der Waals surface area contributed by atoms with Gasteiger partial charge in [-0.1, -0.05) is 26.7 Å². The molecule has 4 fully saturated rings. The fourth-order valence-electron chi connectivity index (χ4n) is 5.29. The van der Waals surface area contributed by atoms with Crippen LogP contribution in [0.5, 0.6) is 0 Å². The Labute approximate surface area is 145 Å². The zero-order valence-electron chi connectivity index (χ0n) is 15.2. The second kappa shape index (κ2) is 6.20. The van der Waals surface area contributed by atoms with Gasteiger partial charge in [-0.05, 0) is 55.9 Å². The van der Waals surface area contributed by atoms with E-state index in [1.165, 1.54) is 31.2 Å². The van der Waals surface area contributed by atoms with E-state index in [1.807, 2.05) is 6.20 Å². The van der Waals surface area contributed by atoms with Crippen LogP contribution in [0.3, 0.4) is 0 Å². The number of carbonyl (C=O) groups is 1. The quantitative estimate of drug-likeness (QED) is 0.842. The van der Waals surface area contributed by atoms with Crippen LogP contribution in [-0.4, -0.2) is 33.7 Å². The zero-order chi connectivity index (χ0) is 16.7. The van der Waals surface area contributed by atoms with Gasteiger partial charge in [-0.15, -0.1) is 0 Å². The van der Waals surface area contributed by atoms with Crippen molar-refractivity contribution in [1.82, 2.24) is 14.7 Å². The first kappa shape index (κ1) is 16.2. The monoisotopic (exact) mass is 329 g/mol. The standard InChI is InChI=1S/C20H31N3O/c1-15(2)10-17-13-21-23(14-17)18-5-8-22(9-6-18)19(24)20-7-3-4-16(11-20)12-20/h13-16,18H,3-12H2,1-2H3. The molecule has 2 heterocycles. The van der Waals surface area contributed by atoms with E-state index in [0.717, 1.165) is 44.7 Å². The highest BCUT2D eigenvalue weighted by atomic mass is 16.2. The van der Waals surface area contributed by atoms with Gasteiger partial charge in [-0.25, -0.2) is 0 Å². The van der Waals surface area contributed by atoms with E-state index in [1.54, 1.807) is 0 Å². The number of aromatic nitrogens is 2. The van der Waals surface area contributed by atoms with Crippen molar-refractivity contribution < 1.29 is 4.79 Å². The average molecular weight is 329 g/mol. The van der Waals surface area contributed by atoms with Crippen molar-refractivity contribution in [3.05, 3.63) is 18.0 Å². The molecule has 0 spiro atoms. The van der Waals surface area contributed by atoms with E-state index in [0.29, 0.717) is 17.9 Å². The smallest absolute Gasteiger partial charge is 0.228 e. The van der Waals surface area contributed by atoms with Gasteiger partial charge in [0.1, 0.15) is 0 Å². The highest BCUT2D eigenvalue weighted by molar-refractivity contribution is 5.84. The highest BCUT2D eigenvalue weighted by Gasteiger charge is 2.53. The van der Waals surface area contributed by atoms with Crippen LogP contribution in [0, 0.1) is 17.3 Å². The van der Waals surface area contributed by atoms with Crippen LogP contribution in [0.4, 0.5) is 0 Å². The van der Waals surface area contributed by atoms with E-state index in [4.69, 9.17) is 0 Å². The molecule has 1 amide bonds. The Bertz CT molecular complexity index is 586. The van der Waals surface area contributed by atoms with Crippen molar-refractivity contribution in [3.63, 3.8) is 0 Å². The Kier molecular flexibility index (Phi) is 4.17. The van der Waals surface area contributed by atoms with E-state index >= 15 is 0 Å². The first-order valence-electron chi connectivity index (χ1n) is 9.88. The zero-order valence-corrected chi connectivity index (χ0v) is 15.2. The minimum atomic E-state index is 0.0475. The van der Waals surface area contributed by atoms with Gasteiger partial charge in [0.15, 0.2) is 0 Å². The molecule has 0 atom stereocenters. The Morgan fingerprint density at radius 3 is 2.67 bits per heavy atom. The topological polar surface area (TPSA) is 38.1 Å². The molecule has 4 aliphatic rings. The summed E-state index contributed by atoms with van der Waals surface area (Å²) < 4.78 is 2.15. The van der Waals surface area contributed by atoms with Gasteiger partial charge in [0.05, 0.1) is 12.2 Å². The summed E-state index contributed by atoms with van der Waals surface area (Å²) in [6, 6.07) is 0.466. The van der Waals surface area contributed by atoms with Gasteiger partial charge in [0.2, 0.25) is 5.91 Å². The summed E-state index contributed by atoms with van der Waals surface area (Å²) in [6.45, 7) is 6.32. The van der Waals surface area contributed by atoms with E-state index in [-0.39, 0.29) is 5.41 Å². The molecule has 0 aromatic carbocycles. The molecule has 2 bridgehead atoms. The minimum Gasteiger partial charge on any atom is -0.342 e. The second-order valence-corrected chi connectivity index (χ2v) is 8.90. The Morgan fingerprint density at radius 2 is 2.04 bits per heavy atom. The third-order valence-corrected chi connectivity index (χ3v) is 6.50. The Hall–Kier alpha value is -1.32. The number of likely N-dealkylation sites (tertiary alicyclic amines) is 1. The molecule has 1 aromatic heterocycles. The van der Waals surface area contributed by atoms with Crippen molar-refractivity contribution in [2.24, 2.45) is 17.3 Å². The lowest BCUT2D eigenvalue weighted by Gasteiger charge is -2.53. The summed E-state index contributed by atoms with van der Waals surface area (Å²) in [4.78, 5) is 15.1. The molecule has 4 nitrogen and oxygen atoms in total. The first-order valence-corrected chi connectivity index (χ1v) is 9.88. The summed E-state index contributed by atoms with van der Waals surface area (Å²) >= 11 is 0. The van der Waals surface area contributed by atoms with Gasteiger partial charge in [0, 0.05) is 24.7 Å². The lowest BCUT2D eigenvalue weighted by molar-refractivity contribution is -0.157. The predicted molar refractivity (Wildman–Crippen MR) is 94.6 cm³/mol. The van der Waals surface area contributed by atoms with Gasteiger partial charge in [-0.3, -0.25) is 9.48 Å². The lowest BCUT2D eigenvalue weighted by atomic mass is 9.53. The Balaban J connectivity index is 1.33. The number of rotatable bonds is 4. The molecular formula is C20H31N3O. The third kappa shape index (κ3) is 2.89. The van der Waals surface area contributed by atoms with E-state index < -0.39 is 0 Å². The summed E-state index contributed by atoms with van der Waals surface area (Å²) in [5.74, 6) is 1.99. The number of amides is 1. The van der Waals surface area contributed by atoms with Crippen molar-refractivity contribution in [2.45, 2.75) is 71.3 Å². The van der Waals surface area contributed by atoms with Crippen LogP contribution in [0.2, 0.25) is 0 Å². The molecule has 0 radical (unpaired) electrons. The van der Waals surface area contributed by atoms with Crippen LogP contribution < -0.4 is 0 Å². The fraction of sp³-hybridized carbons (Fsp3) is 0.800. The molecule has 5 rings (SSSR count). The van der Waals surface area contributed by atoms with Crippen molar-refractivity contribution in [1.29, 1.82) is 0 Å². The van der Waals surface area contributed by atoms with Gasteiger partial charge in [0.25, 0.3) is 0 Å². The van der Waals surface area contributed by atoms with Crippen molar-refractivity contribution in [3.8, 4) is 0 Å². The Morgan fingerprint density at radius 1 is 1.29 bits per heavy atom. The van der Waals surface area contributed by atoms with Crippen molar-refractivity contribution >= 4 is 5.91 Å². The molecule has 1 aromatic rings. The summed E-state index contributed by atoms with van der Waals surface area (Å²) in [7, 11) is 0. The van der Waals surface area contributed by atoms with Gasteiger partial charge >= 0.3 is 0 Å². The van der Waals surface area contributed by atoms with Crippen LogP contribution in [0.1, 0.15) is 70.4 Å². The molecular weight excluding hydrogens is 298 g/mol. The van der Waals surface area contributed by atoms with Gasteiger partial charge in [-0.2, -0.15) is 5.10 Å². The number of hydrogen-bond donors (Lipinski definition) is 0. The molecule has 3 aliphatic carbocycles. The maximum atomic E-state index is 13.0. The number of carbonyl (C=O) groups excluding carboxylic acids is 1. The highest BCUT2D eigenvalue weighted by Crippen LogP contribution is 2.56. The van der Waals surface area contributed by atoms with E-state index in [2.05, 4.69) is 34.7 Å². The van der Waals surface area contributed by atoms with Crippen molar-refractivity contribution in [2.75, 3.05) is 13.1 Å². The normalized spacial score (nSPS) is 30.5. The third-order valence-electron chi connectivity index (χ3n) is 6.50. The largest absolute Gasteiger partial charge is 0.342 e. The fourth-order valence-corrected chi connectivity index (χ4v) is 5.29. The SMILES string of the molecule is CC(C)Cc1cnn(C2CCN(C(=O)C34CCCC(C3)C4)CC2)c1. The molecule has 132 valence electrons. The van der Waals surface area contributed by atoms with Crippen LogP contribution in [0.25, 0.3) is 0 Å². The summed E-state index contributed by atoms with van der Waals surface area (Å²) in [6.07, 6.45) is 13.5. The molecule has 1 saturated heterocycles. The molecule has 24 heavy (non-hydrogen) atoms. The number of fused-ring (bicyclic) bond motifs is 2. The van der Waals surface area contributed by atoms with Crippen LogP contribution >= 0.6 is 0 Å². The molecule has 3 saturated carbocycles. The maximum Gasteiger partial charge on any atom is 0.228 e. The van der Waals surface area contributed by atoms with E-state index in [9.17, 15) is 4.79 Å². The van der Waals surface area contributed by atoms with Crippen LogP contribution in [-0.2, 0) is 11.2 Å². The number of hydrogen-bond acceptors (Lipinski definition) is 2. The summed E-state index contributed by atoms with van der Waals surface area (Å²) in [5.41, 5.74) is 1.39. The lowest BCUT2D eigenvalue weighted by Crippen LogP contribution is -2.55. The summed E-state index contributed by atoms with van der Waals surface area (Å²) in [5, 5.41) is 4.59. The average Bonchev–Trinajstić information content (AvgIpc) is 3.02. The number of nitrogens with zero attached hydrogens (tertiary/aromatic N) is 3. The van der Waals surface area contributed by atoms with Crippen LogP contribution in [0.15, 0.2) is 12.4 Å². The molecule has 4 heteroatoms.